The fourth-order valence-corrected chi connectivity index (χ4v) is 2.99. The highest BCUT2D eigenvalue weighted by molar-refractivity contribution is 7.04. The van der Waals surface area contributed by atoms with Gasteiger partial charge in [-0.3, -0.25) is 4.90 Å². The van der Waals surface area contributed by atoms with E-state index in [4.69, 9.17) is 9.26 Å². The molecule has 3 heterocycles. The molecule has 108 valence electrons. The zero-order valence-corrected chi connectivity index (χ0v) is 12.5. The fourth-order valence-electron chi connectivity index (χ4n) is 2.36. The van der Waals surface area contributed by atoms with Gasteiger partial charge in [-0.05, 0) is 43.4 Å². The first-order chi connectivity index (χ1) is 9.76. The van der Waals surface area contributed by atoms with Gasteiger partial charge in [-0.1, -0.05) is 12.1 Å². The average molecular weight is 294 g/mol. The van der Waals surface area contributed by atoms with Gasteiger partial charge in [0.15, 0.2) is 0 Å². The number of likely N-dealkylation sites (tertiary alicyclic amines) is 1. The minimum absolute atomic E-state index is 0.550. The van der Waals surface area contributed by atoms with Crippen LogP contribution in [0.4, 0.5) is 0 Å². The van der Waals surface area contributed by atoms with Gasteiger partial charge in [0.2, 0.25) is 17.6 Å². The van der Waals surface area contributed by atoms with Crippen LogP contribution in [0, 0.1) is 5.92 Å². The van der Waals surface area contributed by atoms with Crippen LogP contribution in [0.5, 0.6) is 5.88 Å². The normalized spacial score (nSPS) is 17.5. The molecule has 0 N–H and O–H groups in total. The third-order valence-electron chi connectivity index (χ3n) is 3.67. The monoisotopic (exact) mass is 294 g/mol. The molecule has 0 unspecified atom stereocenters. The van der Waals surface area contributed by atoms with Crippen molar-refractivity contribution in [3.8, 4) is 17.3 Å². The van der Waals surface area contributed by atoms with Gasteiger partial charge >= 0.3 is 0 Å². The van der Waals surface area contributed by atoms with Crippen molar-refractivity contribution in [1.82, 2.24) is 19.4 Å². The molecule has 0 aromatic carbocycles. The summed E-state index contributed by atoms with van der Waals surface area (Å²) in [6, 6.07) is 0. The van der Waals surface area contributed by atoms with E-state index >= 15 is 0 Å². The molecule has 7 heteroatoms. The van der Waals surface area contributed by atoms with Crippen molar-refractivity contribution in [3.05, 3.63) is 11.3 Å². The smallest absolute Gasteiger partial charge is 0.241 e. The van der Waals surface area contributed by atoms with Gasteiger partial charge in [-0.2, -0.15) is 9.36 Å². The SMILES string of the molecule is COc1nscc1-c1noc(CN2CCC(C)CC2)n1. The number of methoxy groups -OCH3 is 1. The van der Waals surface area contributed by atoms with Crippen molar-refractivity contribution >= 4 is 11.5 Å². The molecule has 0 amide bonds. The van der Waals surface area contributed by atoms with Crippen LogP contribution in [0.15, 0.2) is 9.90 Å². The highest BCUT2D eigenvalue weighted by Gasteiger charge is 2.20. The second-order valence-electron chi connectivity index (χ2n) is 5.21. The van der Waals surface area contributed by atoms with Crippen LogP contribution >= 0.6 is 11.5 Å². The van der Waals surface area contributed by atoms with E-state index in [0.717, 1.165) is 31.1 Å². The van der Waals surface area contributed by atoms with E-state index in [9.17, 15) is 0 Å². The molecule has 1 aliphatic rings. The quantitative estimate of drug-likeness (QED) is 0.863. The zero-order valence-electron chi connectivity index (χ0n) is 11.7. The second-order valence-corrected chi connectivity index (χ2v) is 5.84. The van der Waals surface area contributed by atoms with Gasteiger partial charge in [0.1, 0.15) is 0 Å². The summed E-state index contributed by atoms with van der Waals surface area (Å²) in [7, 11) is 1.59. The van der Waals surface area contributed by atoms with Crippen LogP contribution in [-0.2, 0) is 6.54 Å². The molecule has 1 aliphatic heterocycles. The standard InChI is InChI=1S/C13H18N4O2S/c1-9-3-5-17(6-4-9)7-11-14-12(15-19-11)10-8-20-16-13(10)18-2/h8-9H,3-7H2,1-2H3. The van der Waals surface area contributed by atoms with E-state index in [-0.39, 0.29) is 0 Å². The van der Waals surface area contributed by atoms with Gasteiger partial charge in [-0.15, -0.1) is 0 Å². The molecule has 1 saturated heterocycles. The Morgan fingerprint density at radius 3 is 3.00 bits per heavy atom. The Bertz CT molecular complexity index is 560. The number of hydrogen-bond acceptors (Lipinski definition) is 7. The highest BCUT2D eigenvalue weighted by Crippen LogP contribution is 2.28. The van der Waals surface area contributed by atoms with Crippen LogP contribution in [0.2, 0.25) is 0 Å². The lowest BCUT2D eigenvalue weighted by Crippen LogP contribution is -2.32. The molecule has 0 atom stereocenters. The maximum Gasteiger partial charge on any atom is 0.241 e. The molecular formula is C13H18N4O2S. The van der Waals surface area contributed by atoms with E-state index in [1.165, 1.54) is 24.4 Å². The summed E-state index contributed by atoms with van der Waals surface area (Å²) in [5, 5.41) is 5.89. The van der Waals surface area contributed by atoms with Crippen molar-refractivity contribution in [1.29, 1.82) is 0 Å². The highest BCUT2D eigenvalue weighted by atomic mass is 32.1. The van der Waals surface area contributed by atoms with Crippen molar-refractivity contribution in [2.45, 2.75) is 26.3 Å². The van der Waals surface area contributed by atoms with Crippen LogP contribution in [-0.4, -0.2) is 39.6 Å². The van der Waals surface area contributed by atoms with E-state index in [2.05, 4.69) is 26.3 Å². The van der Waals surface area contributed by atoms with E-state index in [1.54, 1.807) is 7.11 Å². The minimum atomic E-state index is 0.550. The molecular weight excluding hydrogens is 276 g/mol. The summed E-state index contributed by atoms with van der Waals surface area (Å²) < 4.78 is 14.6. The molecule has 0 saturated carbocycles. The number of ether oxygens (including phenoxy) is 1. The summed E-state index contributed by atoms with van der Waals surface area (Å²) in [5.41, 5.74) is 0.791. The topological polar surface area (TPSA) is 64.3 Å². The van der Waals surface area contributed by atoms with Gasteiger partial charge < -0.3 is 9.26 Å². The third kappa shape index (κ3) is 2.83. The minimum Gasteiger partial charge on any atom is -0.480 e. The van der Waals surface area contributed by atoms with Gasteiger partial charge in [-0.25, -0.2) is 0 Å². The number of hydrogen-bond donors (Lipinski definition) is 0. The maximum absolute atomic E-state index is 5.34. The predicted molar refractivity (Wildman–Crippen MR) is 75.6 cm³/mol. The molecule has 2 aromatic heterocycles. The van der Waals surface area contributed by atoms with Crippen molar-refractivity contribution in [2.24, 2.45) is 5.92 Å². The summed E-state index contributed by atoms with van der Waals surface area (Å²) in [6.45, 7) is 5.22. The molecule has 3 rings (SSSR count). The van der Waals surface area contributed by atoms with Gasteiger partial charge in [0.25, 0.3) is 0 Å². The Kier molecular flexibility index (Phi) is 3.98. The Balaban J connectivity index is 1.68. The first-order valence-electron chi connectivity index (χ1n) is 6.80. The summed E-state index contributed by atoms with van der Waals surface area (Å²) >= 11 is 1.32. The third-order valence-corrected chi connectivity index (χ3v) is 4.29. The Morgan fingerprint density at radius 1 is 1.45 bits per heavy atom. The molecule has 0 bridgehead atoms. The lowest BCUT2D eigenvalue weighted by Gasteiger charge is -2.28. The van der Waals surface area contributed by atoms with Gasteiger partial charge in [0.05, 0.1) is 19.2 Å². The van der Waals surface area contributed by atoms with Crippen LogP contribution in [0.3, 0.4) is 0 Å². The Morgan fingerprint density at radius 2 is 2.25 bits per heavy atom. The molecule has 20 heavy (non-hydrogen) atoms. The zero-order chi connectivity index (χ0) is 13.9. The van der Waals surface area contributed by atoms with Crippen LogP contribution in [0.25, 0.3) is 11.4 Å². The van der Waals surface area contributed by atoms with E-state index < -0.39 is 0 Å². The lowest BCUT2D eigenvalue weighted by molar-refractivity contribution is 0.165. The largest absolute Gasteiger partial charge is 0.480 e. The van der Waals surface area contributed by atoms with Crippen molar-refractivity contribution in [2.75, 3.05) is 20.2 Å². The average Bonchev–Trinajstić information content (AvgIpc) is 3.09. The van der Waals surface area contributed by atoms with Crippen molar-refractivity contribution in [3.63, 3.8) is 0 Å². The maximum atomic E-state index is 5.34. The molecule has 0 aliphatic carbocycles. The van der Waals surface area contributed by atoms with Crippen molar-refractivity contribution < 1.29 is 9.26 Å². The molecule has 0 spiro atoms. The molecule has 0 radical (unpaired) electrons. The number of nitrogens with zero attached hydrogens (tertiary/aromatic N) is 4. The van der Waals surface area contributed by atoms with E-state index in [1.807, 2.05) is 5.38 Å². The number of aromatic nitrogens is 3. The summed E-state index contributed by atoms with van der Waals surface area (Å²) in [4.78, 5) is 6.80. The Hall–Kier alpha value is -1.47. The first-order valence-corrected chi connectivity index (χ1v) is 7.63. The van der Waals surface area contributed by atoms with Crippen LogP contribution < -0.4 is 4.74 Å². The second kappa shape index (κ2) is 5.88. The van der Waals surface area contributed by atoms with Crippen LogP contribution in [0.1, 0.15) is 25.7 Å². The number of rotatable bonds is 4. The number of piperidine rings is 1. The Labute approximate surface area is 121 Å². The first kappa shape index (κ1) is 13.5. The fraction of sp³-hybridized carbons (Fsp3) is 0.615. The molecule has 6 nitrogen and oxygen atoms in total. The molecule has 1 fully saturated rings. The van der Waals surface area contributed by atoms with E-state index in [0.29, 0.717) is 17.6 Å². The lowest BCUT2D eigenvalue weighted by atomic mass is 9.99. The van der Waals surface area contributed by atoms with Gasteiger partial charge in [0, 0.05) is 5.38 Å². The summed E-state index contributed by atoms with van der Waals surface area (Å²) in [5.74, 6) is 2.58. The summed E-state index contributed by atoms with van der Waals surface area (Å²) in [6.07, 6.45) is 2.48. The predicted octanol–water partition coefficient (Wildman–Crippen LogP) is 2.43. The molecule has 2 aromatic rings.